The molecule has 0 saturated heterocycles. The van der Waals surface area contributed by atoms with E-state index in [2.05, 4.69) is 45.3 Å². The van der Waals surface area contributed by atoms with Gasteiger partial charge in [0.05, 0.1) is 23.0 Å². The number of halogens is 1. The lowest BCUT2D eigenvalue weighted by molar-refractivity contribution is -0.145. The van der Waals surface area contributed by atoms with Gasteiger partial charge in [-0.3, -0.25) is 5.43 Å². The molecule has 0 atom stereocenters. The number of hydrogen-bond donors (Lipinski definition) is 2. The SMILES string of the molecule is CCOC(=O)COc1c(I)cc(C=NNC(N)=S)cc1OCC. The highest BCUT2D eigenvalue weighted by Crippen LogP contribution is 2.33. The number of rotatable bonds is 8. The molecule has 0 unspecified atom stereocenters. The Balaban J connectivity index is 2.94. The monoisotopic (exact) mass is 451 g/mol. The van der Waals surface area contributed by atoms with Gasteiger partial charge >= 0.3 is 5.97 Å². The van der Waals surface area contributed by atoms with Gasteiger partial charge in [0.25, 0.3) is 0 Å². The first-order chi connectivity index (χ1) is 11.0. The Bertz CT molecular complexity index is 596. The average Bonchev–Trinajstić information content (AvgIpc) is 2.46. The second kappa shape index (κ2) is 10.2. The number of esters is 1. The smallest absolute Gasteiger partial charge is 0.344 e. The van der Waals surface area contributed by atoms with Crippen molar-refractivity contribution >= 4 is 52.1 Å². The van der Waals surface area contributed by atoms with Gasteiger partial charge in [-0.15, -0.1) is 0 Å². The number of ether oxygens (including phenoxy) is 3. The molecule has 0 saturated carbocycles. The number of hydrazone groups is 1. The van der Waals surface area contributed by atoms with E-state index in [1.165, 1.54) is 0 Å². The van der Waals surface area contributed by atoms with Crippen LogP contribution in [0, 0.1) is 3.57 Å². The molecule has 1 aromatic rings. The minimum absolute atomic E-state index is 0.0790. The van der Waals surface area contributed by atoms with Gasteiger partial charge in [-0.1, -0.05) is 0 Å². The summed E-state index contributed by atoms with van der Waals surface area (Å²) in [6.45, 7) is 4.18. The van der Waals surface area contributed by atoms with E-state index < -0.39 is 5.97 Å². The van der Waals surface area contributed by atoms with Crippen LogP contribution in [0.3, 0.4) is 0 Å². The van der Waals surface area contributed by atoms with E-state index in [0.717, 1.165) is 9.13 Å². The lowest BCUT2D eigenvalue weighted by Crippen LogP contribution is -2.24. The molecule has 0 heterocycles. The van der Waals surface area contributed by atoms with Crippen molar-refractivity contribution in [2.75, 3.05) is 19.8 Å². The summed E-state index contributed by atoms with van der Waals surface area (Å²) >= 11 is 6.76. The molecule has 3 N–H and O–H groups in total. The third kappa shape index (κ3) is 6.99. The van der Waals surface area contributed by atoms with Crippen molar-refractivity contribution in [3.05, 3.63) is 21.3 Å². The first-order valence-electron chi connectivity index (χ1n) is 6.81. The van der Waals surface area contributed by atoms with Crippen LogP contribution in [0.25, 0.3) is 0 Å². The van der Waals surface area contributed by atoms with Crippen LogP contribution in [-0.2, 0) is 9.53 Å². The highest BCUT2D eigenvalue weighted by molar-refractivity contribution is 14.1. The largest absolute Gasteiger partial charge is 0.490 e. The van der Waals surface area contributed by atoms with Gasteiger partial charge in [0, 0.05) is 0 Å². The standard InChI is InChI=1S/C14H18IN3O4S/c1-3-20-11-6-9(7-17-18-14(16)23)5-10(15)13(11)22-8-12(19)21-4-2/h5-7H,3-4,8H2,1-2H3,(H3,16,18,23). The summed E-state index contributed by atoms with van der Waals surface area (Å²) < 4.78 is 16.7. The second-order valence-electron chi connectivity index (χ2n) is 4.09. The normalized spacial score (nSPS) is 10.4. The zero-order chi connectivity index (χ0) is 17.2. The molecule has 0 bridgehead atoms. The molecule has 0 radical (unpaired) electrons. The van der Waals surface area contributed by atoms with E-state index in [9.17, 15) is 4.79 Å². The van der Waals surface area contributed by atoms with Crippen LogP contribution in [0.2, 0.25) is 0 Å². The molecular weight excluding hydrogens is 433 g/mol. The number of carbonyl (C=O) groups is 1. The molecule has 0 aromatic heterocycles. The summed E-state index contributed by atoms with van der Waals surface area (Å²) in [5.41, 5.74) is 8.54. The van der Waals surface area contributed by atoms with Crippen LogP contribution >= 0.6 is 34.8 Å². The fourth-order valence-corrected chi connectivity index (χ4v) is 2.40. The maximum Gasteiger partial charge on any atom is 0.344 e. The molecular formula is C14H18IN3O4S. The Morgan fingerprint density at radius 2 is 2.13 bits per heavy atom. The van der Waals surface area contributed by atoms with Crippen LogP contribution < -0.4 is 20.6 Å². The number of nitrogens with one attached hydrogen (secondary N) is 1. The van der Waals surface area contributed by atoms with E-state index >= 15 is 0 Å². The summed E-state index contributed by atoms with van der Waals surface area (Å²) in [6.07, 6.45) is 1.55. The minimum atomic E-state index is -0.433. The maximum absolute atomic E-state index is 11.4. The summed E-state index contributed by atoms with van der Waals surface area (Å²) in [4.78, 5) is 11.4. The lowest BCUT2D eigenvalue weighted by atomic mass is 10.2. The minimum Gasteiger partial charge on any atom is -0.490 e. The first-order valence-corrected chi connectivity index (χ1v) is 8.29. The third-order valence-electron chi connectivity index (χ3n) is 2.36. The van der Waals surface area contributed by atoms with Crippen LogP contribution in [0.1, 0.15) is 19.4 Å². The molecule has 0 aliphatic heterocycles. The summed E-state index contributed by atoms with van der Waals surface area (Å²) in [7, 11) is 0. The zero-order valence-electron chi connectivity index (χ0n) is 12.8. The summed E-state index contributed by atoms with van der Waals surface area (Å²) in [5.74, 6) is 0.567. The predicted octanol–water partition coefficient (Wildman–Crippen LogP) is 1.80. The van der Waals surface area contributed by atoms with Gasteiger partial charge in [-0.25, -0.2) is 4.79 Å². The second-order valence-corrected chi connectivity index (χ2v) is 5.69. The van der Waals surface area contributed by atoms with Gasteiger partial charge < -0.3 is 19.9 Å². The van der Waals surface area contributed by atoms with Crippen molar-refractivity contribution in [3.8, 4) is 11.5 Å². The van der Waals surface area contributed by atoms with Crippen molar-refractivity contribution in [1.82, 2.24) is 5.43 Å². The Morgan fingerprint density at radius 1 is 1.39 bits per heavy atom. The molecule has 9 heteroatoms. The van der Waals surface area contributed by atoms with E-state index in [1.54, 1.807) is 19.2 Å². The maximum atomic E-state index is 11.4. The highest BCUT2D eigenvalue weighted by atomic mass is 127. The summed E-state index contributed by atoms with van der Waals surface area (Å²) in [6, 6.07) is 3.57. The van der Waals surface area contributed by atoms with Crippen molar-refractivity contribution in [2.24, 2.45) is 10.8 Å². The van der Waals surface area contributed by atoms with Crippen molar-refractivity contribution in [1.29, 1.82) is 0 Å². The molecule has 126 valence electrons. The first kappa shape index (κ1) is 19.4. The van der Waals surface area contributed by atoms with E-state index in [4.69, 9.17) is 19.9 Å². The molecule has 0 aliphatic carbocycles. The molecule has 7 nitrogen and oxygen atoms in total. The van der Waals surface area contributed by atoms with E-state index in [1.807, 2.05) is 13.0 Å². The number of nitrogens with zero attached hydrogens (tertiary/aromatic N) is 1. The highest BCUT2D eigenvalue weighted by Gasteiger charge is 2.14. The fourth-order valence-electron chi connectivity index (χ4n) is 1.57. The van der Waals surface area contributed by atoms with Crippen molar-refractivity contribution in [3.63, 3.8) is 0 Å². The molecule has 0 fully saturated rings. The van der Waals surface area contributed by atoms with Gasteiger partial charge in [-0.2, -0.15) is 5.10 Å². The van der Waals surface area contributed by atoms with Crippen LogP contribution in [-0.4, -0.2) is 37.1 Å². The van der Waals surface area contributed by atoms with Crippen LogP contribution in [0.5, 0.6) is 11.5 Å². The number of carbonyl (C=O) groups excluding carboxylic acids is 1. The van der Waals surface area contributed by atoms with Crippen LogP contribution in [0.4, 0.5) is 0 Å². The van der Waals surface area contributed by atoms with Crippen LogP contribution in [0.15, 0.2) is 17.2 Å². The third-order valence-corrected chi connectivity index (χ3v) is 3.25. The van der Waals surface area contributed by atoms with Gasteiger partial charge in [0.1, 0.15) is 0 Å². The number of thiocarbonyl (C=S) groups is 1. The quantitative estimate of drug-likeness (QED) is 0.205. The van der Waals surface area contributed by atoms with Crippen molar-refractivity contribution < 1.29 is 19.0 Å². The Hall–Kier alpha value is -1.62. The fraction of sp³-hybridized carbons (Fsp3) is 0.357. The molecule has 1 aromatic carbocycles. The number of nitrogens with two attached hydrogens (primary N) is 1. The summed E-state index contributed by atoms with van der Waals surface area (Å²) in [5, 5.41) is 3.98. The molecule has 0 amide bonds. The predicted molar refractivity (Wildman–Crippen MR) is 100.0 cm³/mol. The van der Waals surface area contributed by atoms with E-state index in [-0.39, 0.29) is 11.7 Å². The van der Waals surface area contributed by atoms with E-state index in [0.29, 0.717) is 24.7 Å². The van der Waals surface area contributed by atoms with Gasteiger partial charge in [0.15, 0.2) is 23.2 Å². The Labute approximate surface area is 153 Å². The Kier molecular flexibility index (Phi) is 8.62. The van der Waals surface area contributed by atoms with Gasteiger partial charge in [-0.05, 0) is 66.4 Å². The number of hydrogen-bond acceptors (Lipinski definition) is 6. The molecule has 1 rings (SSSR count). The van der Waals surface area contributed by atoms with Crippen molar-refractivity contribution in [2.45, 2.75) is 13.8 Å². The molecule has 0 aliphatic rings. The Morgan fingerprint density at radius 3 is 2.74 bits per heavy atom. The zero-order valence-corrected chi connectivity index (χ0v) is 15.8. The molecule has 23 heavy (non-hydrogen) atoms. The number of benzene rings is 1. The average molecular weight is 451 g/mol. The molecule has 0 spiro atoms. The van der Waals surface area contributed by atoms with Gasteiger partial charge in [0.2, 0.25) is 0 Å². The lowest BCUT2D eigenvalue weighted by Gasteiger charge is -2.14. The topological polar surface area (TPSA) is 95.2 Å².